The van der Waals surface area contributed by atoms with E-state index in [9.17, 15) is 18.5 Å². The van der Waals surface area contributed by atoms with Crippen LogP contribution in [0.15, 0.2) is 17.0 Å². The fourth-order valence-electron chi connectivity index (χ4n) is 1.46. The summed E-state index contributed by atoms with van der Waals surface area (Å²) in [7, 11) is -2.41. The van der Waals surface area contributed by atoms with E-state index < -0.39 is 20.6 Å². The summed E-state index contributed by atoms with van der Waals surface area (Å²) < 4.78 is 31.5. The van der Waals surface area contributed by atoms with Gasteiger partial charge in [0.1, 0.15) is 5.02 Å². The van der Waals surface area contributed by atoms with E-state index in [0.29, 0.717) is 5.56 Å². The Hall–Kier alpha value is -1.22. The molecule has 0 heterocycles. The fraction of sp³-hybridized carbons (Fsp3) is 0.455. The van der Waals surface area contributed by atoms with E-state index in [1.807, 2.05) is 0 Å². The van der Waals surface area contributed by atoms with Crippen LogP contribution in [0.25, 0.3) is 0 Å². The number of rotatable bonds is 6. The Morgan fingerprint density at radius 3 is 2.60 bits per heavy atom. The zero-order valence-electron chi connectivity index (χ0n) is 11.2. The van der Waals surface area contributed by atoms with Crippen molar-refractivity contribution in [3.63, 3.8) is 0 Å². The molecule has 0 aliphatic carbocycles. The van der Waals surface area contributed by atoms with Crippen molar-refractivity contribution >= 4 is 27.3 Å². The molecule has 0 aliphatic heterocycles. The van der Waals surface area contributed by atoms with Crippen LogP contribution >= 0.6 is 11.6 Å². The van der Waals surface area contributed by atoms with Gasteiger partial charge in [0.25, 0.3) is 5.69 Å². The van der Waals surface area contributed by atoms with Crippen LogP contribution in [0, 0.1) is 17.0 Å². The summed E-state index contributed by atoms with van der Waals surface area (Å²) in [5.41, 5.74) is -0.115. The van der Waals surface area contributed by atoms with Crippen LogP contribution in [0.1, 0.15) is 12.5 Å². The highest BCUT2D eigenvalue weighted by Crippen LogP contribution is 2.29. The van der Waals surface area contributed by atoms with Gasteiger partial charge >= 0.3 is 0 Å². The third-order valence-corrected chi connectivity index (χ3v) is 4.56. The molecular weight excluding hydrogens is 308 g/mol. The molecule has 1 N–H and O–H groups in total. The van der Waals surface area contributed by atoms with E-state index in [-0.39, 0.29) is 22.6 Å². The number of nitro benzene ring substituents is 1. The van der Waals surface area contributed by atoms with E-state index >= 15 is 0 Å². The molecule has 1 unspecified atom stereocenters. The van der Waals surface area contributed by atoms with Gasteiger partial charge in [-0.15, -0.1) is 0 Å². The summed E-state index contributed by atoms with van der Waals surface area (Å²) in [4.78, 5) is 9.92. The standard InChI is InChI=1S/C11H15ClN2O5S/c1-7-4-9(12)10(14(15)16)5-11(7)20(17,18)13-6-8(2)19-3/h4-5,8,13H,6H2,1-3H3. The largest absolute Gasteiger partial charge is 0.380 e. The molecule has 7 nitrogen and oxygen atoms in total. The Kier molecular flexibility index (Phi) is 5.46. The highest BCUT2D eigenvalue weighted by atomic mass is 35.5. The summed E-state index contributed by atoms with van der Waals surface area (Å²) in [6.45, 7) is 3.28. The van der Waals surface area contributed by atoms with Gasteiger partial charge in [-0.1, -0.05) is 11.6 Å². The summed E-state index contributed by atoms with van der Waals surface area (Å²) in [6, 6.07) is 2.21. The quantitative estimate of drug-likeness (QED) is 0.636. The number of aryl methyl sites for hydroxylation is 1. The number of ether oxygens (including phenoxy) is 1. The number of nitrogens with one attached hydrogen (secondary N) is 1. The molecule has 1 aromatic carbocycles. The van der Waals surface area contributed by atoms with Crippen molar-refractivity contribution in [2.24, 2.45) is 0 Å². The summed E-state index contributed by atoms with van der Waals surface area (Å²) >= 11 is 5.72. The molecule has 20 heavy (non-hydrogen) atoms. The Morgan fingerprint density at radius 2 is 2.10 bits per heavy atom. The fourth-order valence-corrected chi connectivity index (χ4v) is 3.11. The van der Waals surface area contributed by atoms with Gasteiger partial charge < -0.3 is 4.74 Å². The van der Waals surface area contributed by atoms with Gasteiger partial charge in [-0.05, 0) is 25.5 Å². The molecule has 0 aromatic heterocycles. The molecule has 0 saturated carbocycles. The van der Waals surface area contributed by atoms with Gasteiger partial charge in [0, 0.05) is 19.7 Å². The lowest BCUT2D eigenvalue weighted by molar-refractivity contribution is -0.384. The van der Waals surface area contributed by atoms with Crippen LogP contribution in [0.2, 0.25) is 5.02 Å². The van der Waals surface area contributed by atoms with Crippen LogP contribution in [0.3, 0.4) is 0 Å². The van der Waals surface area contributed by atoms with Crippen LogP contribution in [0.5, 0.6) is 0 Å². The Bertz CT molecular complexity index is 617. The molecular formula is C11H15ClN2O5S. The first-order valence-corrected chi connectivity index (χ1v) is 7.52. The molecule has 0 aliphatic rings. The lowest BCUT2D eigenvalue weighted by atomic mass is 10.2. The van der Waals surface area contributed by atoms with Crippen molar-refractivity contribution < 1.29 is 18.1 Å². The molecule has 0 fully saturated rings. The molecule has 0 spiro atoms. The highest BCUT2D eigenvalue weighted by molar-refractivity contribution is 7.89. The van der Waals surface area contributed by atoms with Crippen LogP contribution in [-0.4, -0.2) is 33.1 Å². The average molecular weight is 323 g/mol. The first kappa shape index (κ1) is 16.8. The molecule has 1 rings (SSSR count). The predicted octanol–water partition coefficient (Wildman–Crippen LogP) is 1.87. The SMILES string of the molecule is COC(C)CNS(=O)(=O)c1cc([N+](=O)[O-])c(Cl)cc1C. The average Bonchev–Trinajstić information content (AvgIpc) is 2.35. The molecule has 0 amide bonds. The number of nitro groups is 1. The molecule has 112 valence electrons. The van der Waals surface area contributed by atoms with Crippen molar-refractivity contribution in [3.05, 3.63) is 32.8 Å². The lowest BCUT2D eigenvalue weighted by Crippen LogP contribution is -2.32. The highest BCUT2D eigenvalue weighted by Gasteiger charge is 2.23. The van der Waals surface area contributed by atoms with Crippen molar-refractivity contribution in [1.29, 1.82) is 0 Å². The molecule has 0 radical (unpaired) electrons. The minimum atomic E-state index is -3.86. The van der Waals surface area contributed by atoms with Gasteiger partial charge in [0.05, 0.1) is 15.9 Å². The van der Waals surface area contributed by atoms with E-state index in [4.69, 9.17) is 16.3 Å². The van der Waals surface area contributed by atoms with Gasteiger partial charge in [0.15, 0.2) is 0 Å². The first-order chi connectivity index (χ1) is 9.19. The smallest absolute Gasteiger partial charge is 0.289 e. The summed E-state index contributed by atoms with van der Waals surface area (Å²) in [6.07, 6.45) is -0.313. The maximum atomic E-state index is 12.1. The Morgan fingerprint density at radius 1 is 1.50 bits per heavy atom. The second-order valence-corrected chi connectivity index (χ2v) is 6.37. The summed E-state index contributed by atoms with van der Waals surface area (Å²) in [5.74, 6) is 0. The van der Waals surface area contributed by atoms with Crippen molar-refractivity contribution in [2.75, 3.05) is 13.7 Å². The number of methoxy groups -OCH3 is 1. The number of hydrogen-bond donors (Lipinski definition) is 1. The number of benzene rings is 1. The second-order valence-electron chi connectivity index (χ2n) is 4.22. The maximum absolute atomic E-state index is 12.1. The van der Waals surface area contributed by atoms with Gasteiger partial charge in [-0.25, -0.2) is 13.1 Å². The van der Waals surface area contributed by atoms with Crippen LogP contribution in [-0.2, 0) is 14.8 Å². The molecule has 0 saturated heterocycles. The predicted molar refractivity (Wildman–Crippen MR) is 74.5 cm³/mol. The number of sulfonamides is 1. The Labute approximate surface area is 122 Å². The van der Waals surface area contributed by atoms with Gasteiger partial charge in [-0.3, -0.25) is 10.1 Å². The monoisotopic (exact) mass is 322 g/mol. The third kappa shape index (κ3) is 3.89. The van der Waals surface area contributed by atoms with E-state index in [0.717, 1.165) is 6.07 Å². The number of nitrogens with zero attached hydrogens (tertiary/aromatic N) is 1. The van der Waals surface area contributed by atoms with Crippen LogP contribution in [0.4, 0.5) is 5.69 Å². The van der Waals surface area contributed by atoms with Gasteiger partial charge in [-0.2, -0.15) is 0 Å². The number of halogens is 1. The maximum Gasteiger partial charge on any atom is 0.289 e. The van der Waals surface area contributed by atoms with Crippen molar-refractivity contribution in [2.45, 2.75) is 24.8 Å². The molecule has 0 bridgehead atoms. The second kappa shape index (κ2) is 6.49. The zero-order valence-corrected chi connectivity index (χ0v) is 12.8. The minimum absolute atomic E-state index is 0.0642. The Balaban J connectivity index is 3.18. The number of hydrogen-bond acceptors (Lipinski definition) is 5. The van der Waals surface area contributed by atoms with E-state index in [1.54, 1.807) is 6.92 Å². The zero-order chi connectivity index (χ0) is 15.5. The van der Waals surface area contributed by atoms with E-state index in [2.05, 4.69) is 4.72 Å². The van der Waals surface area contributed by atoms with Crippen LogP contribution < -0.4 is 4.72 Å². The van der Waals surface area contributed by atoms with Gasteiger partial charge in [0.2, 0.25) is 10.0 Å². The third-order valence-electron chi connectivity index (χ3n) is 2.69. The topological polar surface area (TPSA) is 98.5 Å². The molecule has 9 heteroatoms. The molecule has 1 aromatic rings. The summed E-state index contributed by atoms with van der Waals surface area (Å²) in [5, 5.41) is 10.7. The van der Waals surface area contributed by atoms with Crippen molar-refractivity contribution in [1.82, 2.24) is 4.72 Å². The first-order valence-electron chi connectivity index (χ1n) is 5.66. The molecule has 1 atom stereocenters. The normalized spacial score (nSPS) is 13.2. The minimum Gasteiger partial charge on any atom is -0.380 e. The lowest BCUT2D eigenvalue weighted by Gasteiger charge is -2.13. The van der Waals surface area contributed by atoms with E-state index in [1.165, 1.54) is 20.1 Å². The van der Waals surface area contributed by atoms with Crippen molar-refractivity contribution in [3.8, 4) is 0 Å².